The van der Waals surface area contributed by atoms with E-state index in [4.69, 9.17) is 4.74 Å². The predicted molar refractivity (Wildman–Crippen MR) is 132 cm³/mol. The van der Waals surface area contributed by atoms with E-state index in [-0.39, 0.29) is 12.5 Å². The van der Waals surface area contributed by atoms with Gasteiger partial charge < -0.3 is 14.7 Å². The van der Waals surface area contributed by atoms with E-state index < -0.39 is 0 Å². The van der Waals surface area contributed by atoms with Crippen LogP contribution in [0, 0.1) is 11.8 Å². The van der Waals surface area contributed by atoms with E-state index in [1.54, 1.807) is 12.5 Å². The first kappa shape index (κ1) is 24.9. The Morgan fingerprint density at radius 1 is 1.26 bits per heavy atom. The van der Waals surface area contributed by atoms with Crippen molar-refractivity contribution in [2.45, 2.75) is 64.3 Å². The number of amides is 1. The van der Waals surface area contributed by atoms with Gasteiger partial charge in [0.05, 0.1) is 18.9 Å². The zero-order valence-electron chi connectivity index (χ0n) is 20.6. The second kappa shape index (κ2) is 12.5. The molecule has 4 rings (SSSR count). The second-order valence-corrected chi connectivity index (χ2v) is 9.92. The number of aliphatic hydroxyl groups is 1. The van der Waals surface area contributed by atoms with Crippen LogP contribution in [0.1, 0.15) is 57.6 Å². The standard InChI is InChI=1S/C27H40N4O3/c1-2-3-12-30(13-4-14-32)27(33)19-31-18-23(21-5-8-26-22(16-21)10-15-34-26)17-25(31)7-6-24-9-11-28-20-29-24/h5,8-9,11,20,22-23,25,32H,2-4,6-7,10,12-19H2,1H3/t22?,23?,25-/m0/s1. The molecule has 0 spiro atoms. The number of likely N-dealkylation sites (tertiary alicyclic amines) is 1. The van der Waals surface area contributed by atoms with E-state index >= 15 is 0 Å². The summed E-state index contributed by atoms with van der Waals surface area (Å²) in [5, 5.41) is 9.29. The summed E-state index contributed by atoms with van der Waals surface area (Å²) in [5.41, 5.74) is 2.58. The number of allylic oxidation sites excluding steroid dienone is 3. The van der Waals surface area contributed by atoms with Gasteiger partial charge in [-0.25, -0.2) is 9.97 Å². The van der Waals surface area contributed by atoms with Crippen LogP contribution in [0.5, 0.6) is 0 Å². The molecule has 0 saturated carbocycles. The van der Waals surface area contributed by atoms with Crippen LogP contribution < -0.4 is 0 Å². The lowest BCUT2D eigenvalue weighted by Gasteiger charge is -2.28. The Morgan fingerprint density at radius 2 is 2.15 bits per heavy atom. The molecule has 1 aromatic heterocycles. The van der Waals surface area contributed by atoms with Gasteiger partial charge in [0.1, 0.15) is 6.33 Å². The van der Waals surface area contributed by atoms with Crippen molar-refractivity contribution >= 4 is 5.91 Å². The van der Waals surface area contributed by atoms with Crippen molar-refractivity contribution in [3.05, 3.63) is 47.8 Å². The molecule has 3 aliphatic rings. The molecular formula is C27H40N4O3. The first-order valence-electron chi connectivity index (χ1n) is 13.1. The number of nitrogens with zero attached hydrogens (tertiary/aromatic N) is 4. The van der Waals surface area contributed by atoms with Crippen LogP contribution in [-0.2, 0) is 16.0 Å². The Bertz CT molecular complexity index is 849. The van der Waals surface area contributed by atoms with Crippen molar-refractivity contribution in [2.24, 2.45) is 11.8 Å². The molecule has 1 aliphatic carbocycles. The molecule has 2 saturated heterocycles. The van der Waals surface area contributed by atoms with Gasteiger partial charge in [0.25, 0.3) is 0 Å². The number of hydrogen-bond acceptors (Lipinski definition) is 6. The summed E-state index contributed by atoms with van der Waals surface area (Å²) in [6.45, 7) is 5.92. The summed E-state index contributed by atoms with van der Waals surface area (Å²) in [6.07, 6.45) is 15.8. The van der Waals surface area contributed by atoms with Crippen molar-refractivity contribution in [1.29, 1.82) is 0 Å². The topological polar surface area (TPSA) is 78.8 Å². The maximum atomic E-state index is 13.3. The van der Waals surface area contributed by atoms with E-state index in [1.807, 2.05) is 11.0 Å². The third-order valence-corrected chi connectivity index (χ3v) is 7.57. The molecule has 186 valence electrons. The van der Waals surface area contributed by atoms with Gasteiger partial charge in [0.15, 0.2) is 0 Å². The first-order valence-corrected chi connectivity index (χ1v) is 13.1. The van der Waals surface area contributed by atoms with Gasteiger partial charge >= 0.3 is 0 Å². The van der Waals surface area contributed by atoms with Gasteiger partial charge in [-0.2, -0.15) is 0 Å². The lowest BCUT2D eigenvalue weighted by atomic mass is 9.83. The fourth-order valence-electron chi connectivity index (χ4n) is 5.58. The van der Waals surface area contributed by atoms with E-state index in [2.05, 4.69) is 33.9 Å². The van der Waals surface area contributed by atoms with Crippen molar-refractivity contribution < 1.29 is 14.6 Å². The van der Waals surface area contributed by atoms with E-state index in [1.165, 1.54) is 5.57 Å². The summed E-state index contributed by atoms with van der Waals surface area (Å²) >= 11 is 0. The van der Waals surface area contributed by atoms with Crippen molar-refractivity contribution in [3.63, 3.8) is 0 Å². The summed E-state index contributed by atoms with van der Waals surface area (Å²) < 4.78 is 5.77. The summed E-state index contributed by atoms with van der Waals surface area (Å²) in [5.74, 6) is 2.38. The number of fused-ring (bicyclic) bond motifs is 1. The summed E-state index contributed by atoms with van der Waals surface area (Å²) in [7, 11) is 0. The van der Waals surface area contributed by atoms with Crippen LogP contribution in [0.4, 0.5) is 0 Å². The number of aliphatic hydroxyl groups excluding tert-OH is 1. The molecule has 1 N–H and O–H groups in total. The third-order valence-electron chi connectivity index (χ3n) is 7.57. The fraction of sp³-hybridized carbons (Fsp3) is 0.667. The number of aryl methyl sites for hydroxylation is 1. The minimum absolute atomic E-state index is 0.123. The van der Waals surface area contributed by atoms with Gasteiger partial charge in [0.2, 0.25) is 5.91 Å². The highest BCUT2D eigenvalue weighted by molar-refractivity contribution is 5.78. The van der Waals surface area contributed by atoms with Crippen molar-refractivity contribution in [1.82, 2.24) is 19.8 Å². The van der Waals surface area contributed by atoms with E-state index in [0.29, 0.717) is 37.4 Å². The molecule has 34 heavy (non-hydrogen) atoms. The molecule has 2 fully saturated rings. The van der Waals surface area contributed by atoms with Crippen LogP contribution in [-0.4, -0.2) is 76.2 Å². The Balaban J connectivity index is 1.43. The molecule has 0 radical (unpaired) electrons. The van der Waals surface area contributed by atoms with Crippen molar-refractivity contribution in [2.75, 3.05) is 39.4 Å². The maximum Gasteiger partial charge on any atom is 0.236 e. The third kappa shape index (κ3) is 6.45. The zero-order valence-corrected chi connectivity index (χ0v) is 20.6. The lowest BCUT2D eigenvalue weighted by molar-refractivity contribution is -0.133. The van der Waals surface area contributed by atoms with Gasteiger partial charge in [-0.1, -0.05) is 25.0 Å². The van der Waals surface area contributed by atoms with Crippen LogP contribution in [0.3, 0.4) is 0 Å². The minimum Gasteiger partial charge on any atom is -0.498 e. The number of carbonyl (C=O) groups excluding carboxylic acids is 1. The average Bonchev–Trinajstić information content (AvgIpc) is 3.50. The molecule has 2 aliphatic heterocycles. The summed E-state index contributed by atoms with van der Waals surface area (Å²) in [6, 6.07) is 2.35. The van der Waals surface area contributed by atoms with Gasteiger partial charge in [0, 0.05) is 50.1 Å². The zero-order chi connectivity index (χ0) is 23.8. The number of rotatable bonds is 12. The molecule has 3 heterocycles. The van der Waals surface area contributed by atoms with E-state index in [9.17, 15) is 9.90 Å². The van der Waals surface area contributed by atoms with Crippen LogP contribution in [0.15, 0.2) is 42.1 Å². The average molecular weight is 469 g/mol. The number of unbranched alkanes of at least 4 members (excludes halogenated alkanes) is 1. The highest BCUT2D eigenvalue weighted by atomic mass is 16.5. The van der Waals surface area contributed by atoms with E-state index in [0.717, 1.165) is 76.1 Å². The molecule has 7 nitrogen and oxygen atoms in total. The van der Waals surface area contributed by atoms with Crippen LogP contribution >= 0.6 is 0 Å². The van der Waals surface area contributed by atoms with Gasteiger partial charge in [-0.3, -0.25) is 9.69 Å². The van der Waals surface area contributed by atoms with Crippen molar-refractivity contribution in [3.8, 4) is 0 Å². The van der Waals surface area contributed by atoms with Crippen LogP contribution in [0.2, 0.25) is 0 Å². The summed E-state index contributed by atoms with van der Waals surface area (Å²) in [4.78, 5) is 26.1. The smallest absolute Gasteiger partial charge is 0.236 e. The van der Waals surface area contributed by atoms with Crippen LogP contribution in [0.25, 0.3) is 0 Å². The maximum absolute atomic E-state index is 13.3. The number of hydrogen-bond donors (Lipinski definition) is 1. The Hall–Kier alpha value is -2.25. The number of ether oxygens (including phenoxy) is 1. The second-order valence-electron chi connectivity index (χ2n) is 9.92. The quantitative estimate of drug-likeness (QED) is 0.507. The fourth-order valence-corrected chi connectivity index (χ4v) is 5.58. The molecule has 0 aromatic carbocycles. The Morgan fingerprint density at radius 3 is 2.94 bits per heavy atom. The minimum atomic E-state index is 0.123. The molecule has 1 amide bonds. The Kier molecular flexibility index (Phi) is 9.11. The predicted octanol–water partition coefficient (Wildman–Crippen LogP) is 3.36. The largest absolute Gasteiger partial charge is 0.498 e. The molecule has 1 aromatic rings. The molecule has 2 unspecified atom stereocenters. The molecule has 7 heteroatoms. The highest BCUT2D eigenvalue weighted by Gasteiger charge is 2.37. The number of aromatic nitrogens is 2. The van der Waals surface area contributed by atoms with Gasteiger partial charge in [-0.15, -0.1) is 0 Å². The normalized spacial score (nSPS) is 24.4. The van der Waals surface area contributed by atoms with Gasteiger partial charge in [-0.05, 0) is 63.0 Å². The highest BCUT2D eigenvalue weighted by Crippen LogP contribution is 2.40. The SMILES string of the molecule is CCCCN(CCCO)C(=O)CN1CC(C2=CC=C3OCCC3C2)C[C@@H]1CCc1ccncn1. The Labute approximate surface area is 203 Å². The number of carbonyl (C=O) groups is 1. The molecule has 3 atom stereocenters. The first-order chi connectivity index (χ1) is 16.7. The lowest BCUT2D eigenvalue weighted by Crippen LogP contribution is -2.43. The molecular weight excluding hydrogens is 428 g/mol. The monoisotopic (exact) mass is 468 g/mol. The molecule has 0 bridgehead atoms.